The molecule has 1 heterocycles. The van der Waals surface area contributed by atoms with Crippen LogP contribution in [-0.4, -0.2) is 59.3 Å². The number of fused-ring (bicyclic) bond motifs is 4. The minimum atomic E-state index is -0.762. The van der Waals surface area contributed by atoms with Gasteiger partial charge in [0.2, 0.25) is 0 Å². The summed E-state index contributed by atoms with van der Waals surface area (Å²) in [5.74, 6) is 1.09. The number of nitrogens with one attached hydrogen (secondary N) is 1. The molecule has 2 bridgehead atoms. The number of benzene rings is 1. The largest absolute Gasteiger partial charge is 0.508 e. The van der Waals surface area contributed by atoms with Gasteiger partial charge in [0.05, 0.1) is 0 Å². The third kappa shape index (κ3) is 5.55. The van der Waals surface area contributed by atoms with Crippen molar-refractivity contribution in [2.45, 2.75) is 88.6 Å². The lowest BCUT2D eigenvalue weighted by molar-refractivity contribution is -0.139. The molecule has 1 aromatic carbocycles. The van der Waals surface area contributed by atoms with E-state index in [2.05, 4.69) is 23.2 Å². The molecule has 6 nitrogen and oxygen atoms in total. The molecule has 6 heteroatoms. The number of phenols is 1. The molecular formula is C27H43N3O3. The molecule has 0 aromatic heterocycles. The predicted molar refractivity (Wildman–Crippen MR) is 132 cm³/mol. The van der Waals surface area contributed by atoms with Crippen LogP contribution in [0.1, 0.15) is 75.8 Å². The first-order valence-corrected chi connectivity index (χ1v) is 13.2. The van der Waals surface area contributed by atoms with E-state index >= 15 is 0 Å². The number of likely N-dealkylation sites (tertiary alicyclic amines) is 1. The first-order chi connectivity index (χ1) is 15.9. The van der Waals surface area contributed by atoms with Gasteiger partial charge in [0.25, 0.3) is 0 Å². The zero-order valence-corrected chi connectivity index (χ0v) is 20.3. The Labute approximate surface area is 198 Å². The summed E-state index contributed by atoms with van der Waals surface area (Å²) in [5, 5.41) is 23.0. The molecule has 0 amide bonds. The standard InChI is InChI=1S/C27H43N3O3/c1-19-25-16-21-9-10-22(31)17-23(21)27(19,12-15-30(25)18-20-7-8-20)11-3-5-14-29-24(26(32)33)6-2-4-13-28/h9-10,17,19-20,24-25,29,31H,2-8,11-16,18,28H2,1H3,(H,32,33)/t19-,24-,25+,27?/m0/s1. The van der Waals surface area contributed by atoms with Crippen LogP contribution in [0.4, 0.5) is 0 Å². The smallest absolute Gasteiger partial charge is 0.320 e. The lowest BCUT2D eigenvalue weighted by atomic mass is 9.56. The molecule has 4 rings (SSSR count). The van der Waals surface area contributed by atoms with E-state index in [1.807, 2.05) is 12.1 Å². The lowest BCUT2D eigenvalue weighted by Gasteiger charge is -2.56. The number of nitrogens with two attached hydrogens (primary N) is 1. The van der Waals surface area contributed by atoms with Crippen LogP contribution >= 0.6 is 0 Å². The van der Waals surface area contributed by atoms with Crippen molar-refractivity contribution in [1.82, 2.24) is 10.2 Å². The molecule has 1 saturated carbocycles. The predicted octanol–water partition coefficient (Wildman–Crippen LogP) is 3.65. The van der Waals surface area contributed by atoms with Crippen LogP contribution in [0.5, 0.6) is 5.75 Å². The van der Waals surface area contributed by atoms with Crippen LogP contribution in [0.3, 0.4) is 0 Å². The molecular weight excluding hydrogens is 414 g/mol. The van der Waals surface area contributed by atoms with Crippen LogP contribution in [0.2, 0.25) is 0 Å². The molecule has 1 aliphatic heterocycles. The Morgan fingerprint density at radius 3 is 2.82 bits per heavy atom. The summed E-state index contributed by atoms with van der Waals surface area (Å²) in [6, 6.07) is 6.16. The number of nitrogens with zero attached hydrogens (tertiary/aromatic N) is 1. The Bertz CT molecular complexity index is 812. The second-order valence-corrected chi connectivity index (χ2v) is 10.8. The van der Waals surface area contributed by atoms with E-state index in [4.69, 9.17) is 5.73 Å². The van der Waals surface area contributed by atoms with E-state index in [0.717, 1.165) is 64.0 Å². The molecule has 1 aromatic rings. The van der Waals surface area contributed by atoms with Crippen LogP contribution < -0.4 is 11.1 Å². The Balaban J connectivity index is 1.39. The number of rotatable bonds is 13. The number of piperidine rings is 1. The second-order valence-electron chi connectivity index (χ2n) is 10.8. The summed E-state index contributed by atoms with van der Waals surface area (Å²) in [7, 11) is 0. The van der Waals surface area contributed by atoms with Crippen LogP contribution in [0, 0.1) is 11.8 Å². The van der Waals surface area contributed by atoms with Crippen LogP contribution in [0.25, 0.3) is 0 Å². The van der Waals surface area contributed by atoms with E-state index in [1.54, 1.807) is 0 Å². The fourth-order valence-corrected chi connectivity index (χ4v) is 6.53. The number of carboxylic acids is 1. The maximum atomic E-state index is 11.5. The number of hydrogen-bond donors (Lipinski definition) is 4. The van der Waals surface area contributed by atoms with Gasteiger partial charge >= 0.3 is 5.97 Å². The zero-order valence-electron chi connectivity index (χ0n) is 20.3. The van der Waals surface area contributed by atoms with Crippen molar-refractivity contribution in [2.24, 2.45) is 17.6 Å². The number of carboxylic acid groups (broad SMARTS) is 1. The molecule has 1 saturated heterocycles. The highest BCUT2D eigenvalue weighted by Crippen LogP contribution is 2.52. The molecule has 184 valence electrons. The van der Waals surface area contributed by atoms with E-state index in [-0.39, 0.29) is 5.41 Å². The van der Waals surface area contributed by atoms with Gasteiger partial charge in [-0.1, -0.05) is 25.8 Å². The average molecular weight is 458 g/mol. The van der Waals surface area contributed by atoms with Crippen molar-refractivity contribution in [3.63, 3.8) is 0 Å². The van der Waals surface area contributed by atoms with Gasteiger partial charge in [0.1, 0.15) is 11.8 Å². The SMILES string of the molecule is C[C@H]1[C@H]2Cc3ccc(O)cc3C1(CCCCN[C@@H](CCCCN)C(=O)O)CCN2CC1CC1. The minimum Gasteiger partial charge on any atom is -0.508 e. The molecule has 1 unspecified atom stereocenters. The third-order valence-corrected chi connectivity index (χ3v) is 8.70. The molecule has 2 aliphatic carbocycles. The normalized spacial score (nSPS) is 27.8. The Morgan fingerprint density at radius 1 is 1.27 bits per heavy atom. The van der Waals surface area contributed by atoms with Gasteiger partial charge in [-0.3, -0.25) is 9.69 Å². The van der Waals surface area contributed by atoms with Gasteiger partial charge < -0.3 is 21.3 Å². The number of hydrogen-bond acceptors (Lipinski definition) is 5. The fraction of sp³-hybridized carbons (Fsp3) is 0.741. The van der Waals surface area contributed by atoms with Gasteiger partial charge in [-0.25, -0.2) is 0 Å². The Kier molecular flexibility index (Phi) is 7.98. The van der Waals surface area contributed by atoms with Gasteiger partial charge in [-0.15, -0.1) is 0 Å². The minimum absolute atomic E-state index is 0.115. The maximum absolute atomic E-state index is 11.5. The maximum Gasteiger partial charge on any atom is 0.320 e. The van der Waals surface area contributed by atoms with Crippen molar-refractivity contribution in [1.29, 1.82) is 0 Å². The highest BCUT2D eigenvalue weighted by atomic mass is 16.4. The van der Waals surface area contributed by atoms with Crippen LogP contribution in [-0.2, 0) is 16.6 Å². The van der Waals surface area contributed by atoms with E-state index in [1.165, 1.54) is 30.5 Å². The summed E-state index contributed by atoms with van der Waals surface area (Å²) >= 11 is 0. The van der Waals surface area contributed by atoms with E-state index in [0.29, 0.717) is 30.7 Å². The number of aliphatic carboxylic acids is 1. The second kappa shape index (κ2) is 10.7. The van der Waals surface area contributed by atoms with Crippen molar-refractivity contribution in [3.8, 4) is 5.75 Å². The highest BCUT2D eigenvalue weighted by molar-refractivity contribution is 5.73. The summed E-state index contributed by atoms with van der Waals surface area (Å²) in [5.41, 5.74) is 8.45. The average Bonchev–Trinajstić information content (AvgIpc) is 3.60. The highest BCUT2D eigenvalue weighted by Gasteiger charge is 2.51. The summed E-state index contributed by atoms with van der Waals surface area (Å²) in [4.78, 5) is 14.3. The molecule has 33 heavy (non-hydrogen) atoms. The molecule has 5 N–H and O–H groups in total. The van der Waals surface area contributed by atoms with Gasteiger partial charge in [-0.2, -0.15) is 0 Å². The molecule has 4 atom stereocenters. The van der Waals surface area contributed by atoms with Crippen molar-refractivity contribution in [3.05, 3.63) is 29.3 Å². The molecule has 0 radical (unpaired) electrons. The number of phenolic OH excluding ortho intramolecular Hbond substituents is 1. The van der Waals surface area contributed by atoms with Gasteiger partial charge in [0.15, 0.2) is 0 Å². The molecule has 2 fully saturated rings. The first-order valence-electron chi connectivity index (χ1n) is 13.2. The van der Waals surface area contributed by atoms with Gasteiger partial charge in [-0.05, 0) is 106 Å². The Morgan fingerprint density at radius 2 is 2.09 bits per heavy atom. The van der Waals surface area contributed by atoms with E-state index in [9.17, 15) is 15.0 Å². The number of aromatic hydroxyl groups is 1. The van der Waals surface area contributed by atoms with E-state index < -0.39 is 12.0 Å². The Hall–Kier alpha value is -1.63. The quantitative estimate of drug-likeness (QED) is 0.338. The molecule has 3 aliphatic rings. The van der Waals surface area contributed by atoms with Gasteiger partial charge in [0, 0.05) is 18.0 Å². The first kappa shape index (κ1) is 24.5. The van der Waals surface area contributed by atoms with Crippen molar-refractivity contribution in [2.75, 3.05) is 26.2 Å². The van der Waals surface area contributed by atoms with Crippen molar-refractivity contribution < 1.29 is 15.0 Å². The third-order valence-electron chi connectivity index (χ3n) is 8.70. The summed E-state index contributed by atoms with van der Waals surface area (Å²) in [6.45, 7) is 6.19. The zero-order chi connectivity index (χ0) is 23.4. The van der Waals surface area contributed by atoms with Crippen LogP contribution in [0.15, 0.2) is 18.2 Å². The topological polar surface area (TPSA) is 98.8 Å². The fourth-order valence-electron chi connectivity index (χ4n) is 6.53. The molecule has 0 spiro atoms. The number of carbonyl (C=O) groups is 1. The number of unbranched alkanes of at least 4 members (excludes halogenated alkanes) is 2. The lowest BCUT2D eigenvalue weighted by Crippen LogP contribution is -2.59. The summed E-state index contributed by atoms with van der Waals surface area (Å²) < 4.78 is 0. The van der Waals surface area contributed by atoms with Crippen molar-refractivity contribution >= 4 is 5.97 Å². The monoisotopic (exact) mass is 457 g/mol. The summed E-state index contributed by atoms with van der Waals surface area (Å²) in [6.07, 6.45) is 10.5.